The van der Waals surface area contributed by atoms with E-state index in [0.29, 0.717) is 52.1 Å². The quantitative estimate of drug-likeness (QED) is 0.283. The lowest BCUT2D eigenvalue weighted by Gasteiger charge is -2.23. The van der Waals surface area contributed by atoms with Crippen LogP contribution in [-0.4, -0.2) is 50.1 Å². The van der Waals surface area contributed by atoms with Crippen LogP contribution in [0.25, 0.3) is 10.9 Å². The Bertz CT molecular complexity index is 1540. The summed E-state index contributed by atoms with van der Waals surface area (Å²) >= 11 is 6.17. The summed E-state index contributed by atoms with van der Waals surface area (Å²) in [6.07, 6.45) is 8.98. The average Bonchev–Trinajstić information content (AvgIpc) is 3.01. The molecule has 0 bridgehead atoms. The van der Waals surface area contributed by atoms with Gasteiger partial charge in [-0.2, -0.15) is 0 Å². The second-order valence-corrected chi connectivity index (χ2v) is 10.5. The monoisotopic (exact) mass is 594 g/mol. The number of nitrogens with zero attached hydrogens (tertiary/aromatic N) is 1. The van der Waals surface area contributed by atoms with E-state index in [9.17, 15) is 9.59 Å². The van der Waals surface area contributed by atoms with Crippen LogP contribution in [-0.2, 0) is 9.59 Å². The van der Waals surface area contributed by atoms with Gasteiger partial charge in [-0.25, -0.2) is 4.39 Å². The molecule has 0 spiro atoms. The number of carbonyl (C=O) groups is 2. The van der Waals surface area contributed by atoms with E-state index in [-0.39, 0.29) is 18.0 Å². The normalized spacial score (nSPS) is 15.4. The first-order chi connectivity index (χ1) is 20.4. The molecule has 2 heterocycles. The molecule has 0 radical (unpaired) electrons. The van der Waals surface area contributed by atoms with E-state index in [2.05, 4.69) is 20.9 Å². The lowest BCUT2D eigenvalue weighted by atomic mass is 9.99. The molecule has 1 aliphatic heterocycles. The third kappa shape index (κ3) is 7.18. The number of amides is 2. The van der Waals surface area contributed by atoms with Crippen molar-refractivity contribution < 1.29 is 28.2 Å². The Morgan fingerprint density at radius 2 is 1.90 bits per heavy atom. The molecule has 9 nitrogen and oxygen atoms in total. The molecule has 11 heteroatoms. The maximum atomic E-state index is 15.0. The Morgan fingerprint density at radius 1 is 1.07 bits per heavy atom. The molecular weight excluding hydrogens is 563 g/mol. The maximum absolute atomic E-state index is 15.0. The molecule has 0 unspecified atom stereocenters. The Labute approximate surface area is 248 Å². The van der Waals surface area contributed by atoms with Gasteiger partial charge < -0.3 is 30.2 Å². The third-order valence-corrected chi connectivity index (χ3v) is 7.61. The number of aromatic nitrogens is 1. The second-order valence-electron chi connectivity index (χ2n) is 10.1. The number of hydrogen-bond acceptors (Lipinski definition) is 7. The Hall–Kier alpha value is -4.15. The van der Waals surface area contributed by atoms with Crippen molar-refractivity contribution in [2.24, 2.45) is 5.92 Å². The number of allylic oxidation sites excluding steroid dienone is 2. The molecule has 1 fully saturated rings. The van der Waals surface area contributed by atoms with Gasteiger partial charge in [0.1, 0.15) is 5.75 Å². The van der Waals surface area contributed by atoms with Crippen LogP contribution in [0.5, 0.6) is 23.0 Å². The first-order valence-corrected chi connectivity index (χ1v) is 14.2. The first-order valence-electron chi connectivity index (χ1n) is 13.8. The number of ether oxygens (including phenoxy) is 3. The number of nitrogens with one attached hydrogen (secondary N) is 3. The summed E-state index contributed by atoms with van der Waals surface area (Å²) in [6, 6.07) is 9.08. The van der Waals surface area contributed by atoms with E-state index in [1.54, 1.807) is 31.5 Å². The lowest BCUT2D eigenvalue weighted by molar-refractivity contribution is -0.136. The van der Waals surface area contributed by atoms with Crippen molar-refractivity contribution in [1.29, 1.82) is 0 Å². The summed E-state index contributed by atoms with van der Waals surface area (Å²) in [6.45, 7) is 2.67. The van der Waals surface area contributed by atoms with Crippen LogP contribution in [0, 0.1) is 11.7 Å². The number of piperidine rings is 1. The molecule has 2 aromatic carbocycles. The van der Waals surface area contributed by atoms with Crippen LogP contribution in [0.4, 0.5) is 10.1 Å². The highest BCUT2D eigenvalue weighted by Crippen LogP contribution is 2.38. The first kappa shape index (κ1) is 29.3. The molecular formula is C31H32ClFN4O5. The van der Waals surface area contributed by atoms with Gasteiger partial charge in [-0.1, -0.05) is 23.8 Å². The minimum Gasteiger partial charge on any atom is -0.493 e. The van der Waals surface area contributed by atoms with Crippen molar-refractivity contribution in [2.45, 2.75) is 25.7 Å². The summed E-state index contributed by atoms with van der Waals surface area (Å²) in [5, 5.41) is 9.54. The molecule has 2 aliphatic rings. The zero-order valence-electron chi connectivity index (χ0n) is 23.2. The minimum absolute atomic E-state index is 0.0687. The lowest BCUT2D eigenvalue weighted by Crippen LogP contribution is -2.36. The zero-order chi connectivity index (χ0) is 29.5. The number of hydrogen-bond donors (Lipinski definition) is 3. The number of benzene rings is 2. The SMILES string of the molecule is COc1cc2c(Oc3ccc(NC(=O)C(=O)NCC4=C(Cl)CCC=C4)cc3F)ccnc2cc1OCC1CCNCC1. The molecule has 3 aromatic rings. The van der Waals surface area contributed by atoms with Crippen LogP contribution in [0.15, 0.2) is 65.4 Å². The number of methoxy groups -OCH3 is 1. The highest BCUT2D eigenvalue weighted by atomic mass is 35.5. The van der Waals surface area contributed by atoms with Crippen molar-refractivity contribution >= 4 is 40.0 Å². The molecule has 0 saturated carbocycles. The van der Waals surface area contributed by atoms with E-state index in [1.165, 1.54) is 12.1 Å². The van der Waals surface area contributed by atoms with Crippen LogP contribution in [0.3, 0.4) is 0 Å². The Kier molecular flexibility index (Phi) is 9.55. The third-order valence-electron chi connectivity index (χ3n) is 7.17. The Balaban J connectivity index is 1.24. The molecule has 42 heavy (non-hydrogen) atoms. The topological polar surface area (TPSA) is 111 Å². The van der Waals surface area contributed by atoms with Crippen LogP contribution in [0.2, 0.25) is 0 Å². The van der Waals surface area contributed by atoms with Gasteiger partial charge in [0, 0.05) is 41.0 Å². The molecule has 2 amide bonds. The number of carbonyl (C=O) groups excluding carboxylic acids is 2. The molecule has 0 atom stereocenters. The highest BCUT2D eigenvalue weighted by molar-refractivity contribution is 6.39. The fraction of sp³-hybridized carbons (Fsp3) is 0.323. The van der Waals surface area contributed by atoms with Crippen molar-refractivity contribution in [3.8, 4) is 23.0 Å². The van der Waals surface area contributed by atoms with Gasteiger partial charge in [0.2, 0.25) is 0 Å². The van der Waals surface area contributed by atoms with Gasteiger partial charge in [-0.3, -0.25) is 14.6 Å². The maximum Gasteiger partial charge on any atom is 0.313 e. The van der Waals surface area contributed by atoms with Gasteiger partial charge in [0.15, 0.2) is 23.1 Å². The predicted octanol–water partition coefficient (Wildman–Crippen LogP) is 5.45. The summed E-state index contributed by atoms with van der Waals surface area (Å²) in [5.74, 6) is -0.647. The summed E-state index contributed by atoms with van der Waals surface area (Å²) < 4.78 is 32.6. The average molecular weight is 595 g/mol. The number of rotatable bonds is 9. The van der Waals surface area contributed by atoms with E-state index in [4.69, 9.17) is 25.8 Å². The van der Waals surface area contributed by atoms with Crippen LogP contribution in [0.1, 0.15) is 25.7 Å². The summed E-state index contributed by atoms with van der Waals surface area (Å²) in [7, 11) is 1.56. The van der Waals surface area contributed by atoms with Gasteiger partial charge in [-0.15, -0.1) is 0 Å². The summed E-state index contributed by atoms with van der Waals surface area (Å²) in [5.41, 5.74) is 1.45. The largest absolute Gasteiger partial charge is 0.493 e. The van der Waals surface area contributed by atoms with Crippen molar-refractivity contribution in [1.82, 2.24) is 15.6 Å². The molecule has 5 rings (SSSR count). The van der Waals surface area contributed by atoms with Gasteiger partial charge in [0.25, 0.3) is 0 Å². The molecule has 3 N–H and O–H groups in total. The molecule has 1 aliphatic carbocycles. The number of fused-ring (bicyclic) bond motifs is 1. The Morgan fingerprint density at radius 3 is 2.67 bits per heavy atom. The number of halogens is 2. The highest BCUT2D eigenvalue weighted by Gasteiger charge is 2.19. The van der Waals surface area contributed by atoms with Crippen molar-refractivity contribution in [3.05, 3.63) is 71.2 Å². The number of anilines is 1. The molecule has 220 valence electrons. The number of pyridine rings is 1. The fourth-order valence-electron chi connectivity index (χ4n) is 4.81. The summed E-state index contributed by atoms with van der Waals surface area (Å²) in [4.78, 5) is 29.0. The van der Waals surface area contributed by atoms with E-state index in [1.807, 2.05) is 12.2 Å². The standard InChI is InChI=1S/C31H32ClFN4O5/c1-40-28-15-22-25(16-29(28)41-18-19-8-11-34-12-9-19)35-13-10-26(22)42-27-7-6-21(14-24(27)33)37-31(39)30(38)36-17-20-4-2-3-5-23(20)32/h2,4,6-7,10,13-16,19,34H,3,5,8-9,11-12,17-18H2,1H3,(H,36,38)(H,37,39). The van der Waals surface area contributed by atoms with Crippen molar-refractivity contribution in [3.63, 3.8) is 0 Å². The molecule has 1 aromatic heterocycles. The smallest absolute Gasteiger partial charge is 0.313 e. The fourth-order valence-corrected chi connectivity index (χ4v) is 5.05. The molecule has 1 saturated heterocycles. The van der Waals surface area contributed by atoms with Crippen LogP contribution >= 0.6 is 11.6 Å². The van der Waals surface area contributed by atoms with Gasteiger partial charge >= 0.3 is 11.8 Å². The zero-order valence-corrected chi connectivity index (χ0v) is 23.9. The second kappa shape index (κ2) is 13.7. The van der Waals surface area contributed by atoms with Gasteiger partial charge in [0.05, 0.1) is 19.2 Å². The van der Waals surface area contributed by atoms with E-state index < -0.39 is 17.6 Å². The predicted molar refractivity (Wildman–Crippen MR) is 159 cm³/mol. The minimum atomic E-state index is -0.926. The van der Waals surface area contributed by atoms with Crippen molar-refractivity contribution in [2.75, 3.05) is 38.7 Å². The van der Waals surface area contributed by atoms with Gasteiger partial charge in [-0.05, 0) is 74.5 Å². The van der Waals surface area contributed by atoms with E-state index >= 15 is 4.39 Å². The van der Waals surface area contributed by atoms with Crippen LogP contribution < -0.4 is 30.2 Å². The van der Waals surface area contributed by atoms with E-state index in [0.717, 1.165) is 44.0 Å².